The lowest BCUT2D eigenvalue weighted by Gasteiger charge is -2.15. The zero-order valence-corrected chi connectivity index (χ0v) is 20.4. The summed E-state index contributed by atoms with van der Waals surface area (Å²) < 4.78 is 219. The highest BCUT2D eigenvalue weighted by Crippen LogP contribution is 2.41. The monoisotopic (exact) mass is 544 g/mol. The van der Waals surface area contributed by atoms with E-state index in [2.05, 4.69) is 0 Å². The van der Waals surface area contributed by atoms with Gasteiger partial charge in [-0.05, 0) is 95.6 Å². The third kappa shape index (κ3) is 3.36. The van der Waals surface area contributed by atoms with E-state index < -0.39 is 232 Å². The van der Waals surface area contributed by atoms with Gasteiger partial charge in [0.25, 0.3) is 0 Å². The van der Waals surface area contributed by atoms with Crippen LogP contribution in [0.25, 0.3) is 87.3 Å². The van der Waals surface area contributed by atoms with E-state index in [0.29, 0.717) is 0 Å². The van der Waals surface area contributed by atoms with Crippen molar-refractivity contribution in [3.8, 4) is 22.3 Å². The molecule has 0 unspecified atom stereocenters. The van der Waals surface area contributed by atoms with Crippen LogP contribution in [-0.4, -0.2) is 0 Å². The van der Waals surface area contributed by atoms with E-state index in [1.165, 1.54) is 0 Å². The van der Waals surface area contributed by atoms with E-state index in [1.54, 1.807) is 0 Å². The lowest BCUT2D eigenvalue weighted by molar-refractivity contribution is 0.669. The Kier molecular flexibility index (Phi) is 1.94. The van der Waals surface area contributed by atoms with Crippen molar-refractivity contribution < 1.29 is 37.3 Å². The van der Waals surface area contributed by atoms with Gasteiger partial charge in [0, 0.05) is 10.8 Å². The molecular formula is C40H24O. The Hall–Kier alpha value is -5.40. The number of furan rings is 1. The molecule has 0 saturated heterocycles. The van der Waals surface area contributed by atoms with E-state index in [9.17, 15) is 9.60 Å². The summed E-state index contributed by atoms with van der Waals surface area (Å²) in [6, 6.07) is -20.0. The average Bonchev–Trinajstić information content (AvgIpc) is 3.67. The molecule has 0 fully saturated rings. The van der Waals surface area contributed by atoms with Crippen molar-refractivity contribution in [3.63, 3.8) is 0 Å². The van der Waals surface area contributed by atoms with Crippen LogP contribution in [0.15, 0.2) is 149 Å². The fraction of sp³-hybridized carbons (Fsp3) is 0. The average molecular weight is 545 g/mol. The van der Waals surface area contributed by atoms with Crippen LogP contribution in [-0.2, 0) is 0 Å². The quantitative estimate of drug-likeness (QED) is 0.156. The largest absolute Gasteiger partial charge is 0.456 e. The second-order valence-corrected chi connectivity index (χ2v) is 9.01. The molecule has 1 aromatic heterocycles. The summed E-state index contributed by atoms with van der Waals surface area (Å²) in [6.45, 7) is 0. The second kappa shape index (κ2) is 8.55. The van der Waals surface area contributed by atoms with Crippen LogP contribution in [0.1, 0.15) is 32.9 Å². The molecule has 1 heterocycles. The normalized spacial score (nSPS) is 20.1. The number of fused-ring (bicyclic) bond motifs is 8. The molecule has 1 heteroatoms. The third-order valence-electron chi connectivity index (χ3n) is 6.76. The first-order valence-electron chi connectivity index (χ1n) is 24.2. The molecule has 9 aromatic rings. The van der Waals surface area contributed by atoms with Gasteiger partial charge < -0.3 is 4.42 Å². The highest BCUT2D eigenvalue weighted by Gasteiger charge is 2.15. The fourth-order valence-corrected chi connectivity index (χ4v) is 4.98. The van der Waals surface area contributed by atoms with Gasteiger partial charge in [-0.2, -0.15) is 0 Å². The standard InChI is InChI=1S/C40H24O/c1-3-10-31-26(8-1)20-21-34-36(31)24-27-9-2-4-11-32(27)39(34)29-19-17-25-16-18-28(22-30(25)23-29)33-13-7-15-38-40(33)35-12-5-6-14-37(35)41-38/h1-24H/i1D,2D,3D,4D,5D,6D,7D,8D,9D,10D,11D,12D,13D,14D,15D,16D,17D,18D,19D,20D,21D,22D,23D,24D. The van der Waals surface area contributed by atoms with Crippen LogP contribution in [0.4, 0.5) is 0 Å². The molecule has 0 aliphatic heterocycles. The lowest BCUT2D eigenvalue weighted by atomic mass is 9.88. The van der Waals surface area contributed by atoms with Gasteiger partial charge in [0.05, 0.1) is 32.9 Å². The number of benzene rings is 8. The molecule has 0 aliphatic carbocycles. The molecular weight excluding hydrogens is 496 g/mol. The van der Waals surface area contributed by atoms with E-state index in [1.807, 2.05) is 0 Å². The number of hydrogen-bond acceptors (Lipinski definition) is 1. The van der Waals surface area contributed by atoms with Crippen LogP contribution in [0.5, 0.6) is 0 Å². The number of rotatable bonds is 2. The summed E-state index contributed by atoms with van der Waals surface area (Å²) in [5, 5.41) is -5.50. The summed E-state index contributed by atoms with van der Waals surface area (Å²) in [5.74, 6) is 0. The molecule has 1 nitrogen and oxygen atoms in total. The Balaban J connectivity index is 1.58. The smallest absolute Gasteiger partial charge is 0.136 e. The van der Waals surface area contributed by atoms with E-state index in [-0.39, 0.29) is 0 Å². The summed E-state index contributed by atoms with van der Waals surface area (Å²) in [4.78, 5) is 0. The Morgan fingerprint density at radius 2 is 1.07 bits per heavy atom. The van der Waals surface area contributed by atoms with Gasteiger partial charge in [0.2, 0.25) is 0 Å². The summed E-state index contributed by atoms with van der Waals surface area (Å²) in [6.07, 6.45) is 0. The molecule has 190 valence electrons. The van der Waals surface area contributed by atoms with Crippen LogP contribution in [0, 0.1) is 0 Å². The van der Waals surface area contributed by atoms with Crippen molar-refractivity contribution in [3.05, 3.63) is 145 Å². The molecule has 0 saturated carbocycles. The van der Waals surface area contributed by atoms with E-state index in [4.69, 9.17) is 27.7 Å². The number of para-hydroxylation sites is 1. The first kappa shape index (κ1) is 9.33. The van der Waals surface area contributed by atoms with Crippen LogP contribution in [0.3, 0.4) is 0 Å². The SMILES string of the molecule is [2H]c1c([2H])c([2H])c2c(oc3c([2H])c([2H])c([2H])c(-c4c([2H])c([2H])c5c([2H])c([2H])c(-c6c7c([2H])c([2H])c([2H])c([2H])c7c([2H])c7c6c([2H])c([2H])c6c([2H])c([2H])c([2H])c([2H])c67)c([2H])c5c4[2H])c32)c1[2H]. The van der Waals surface area contributed by atoms with Crippen molar-refractivity contribution in [2.45, 2.75) is 0 Å². The Bertz CT molecular complexity index is 3820. The molecule has 0 aliphatic rings. The van der Waals surface area contributed by atoms with Crippen LogP contribution < -0.4 is 0 Å². The number of hydrogen-bond donors (Lipinski definition) is 0. The van der Waals surface area contributed by atoms with Gasteiger partial charge >= 0.3 is 0 Å². The van der Waals surface area contributed by atoms with E-state index in [0.717, 1.165) is 0 Å². The molecule has 8 aromatic carbocycles. The van der Waals surface area contributed by atoms with Crippen molar-refractivity contribution in [2.24, 2.45) is 0 Å². The molecule has 0 amide bonds. The highest BCUT2D eigenvalue weighted by atomic mass is 16.3. The van der Waals surface area contributed by atoms with Crippen LogP contribution >= 0.6 is 0 Å². The predicted molar refractivity (Wildman–Crippen MR) is 175 cm³/mol. The van der Waals surface area contributed by atoms with Crippen molar-refractivity contribution in [1.29, 1.82) is 0 Å². The summed E-state index contributed by atoms with van der Waals surface area (Å²) in [5.41, 5.74) is -3.71. The third-order valence-corrected chi connectivity index (χ3v) is 6.76. The first-order valence-corrected chi connectivity index (χ1v) is 12.2. The summed E-state index contributed by atoms with van der Waals surface area (Å²) in [7, 11) is 0. The maximum Gasteiger partial charge on any atom is 0.136 e. The van der Waals surface area contributed by atoms with Crippen molar-refractivity contribution >= 4 is 65.0 Å². The van der Waals surface area contributed by atoms with Gasteiger partial charge in [0.1, 0.15) is 11.2 Å². The maximum absolute atomic E-state index is 9.77. The van der Waals surface area contributed by atoms with Gasteiger partial charge in [-0.15, -0.1) is 0 Å². The first-order chi connectivity index (χ1) is 30.3. The molecule has 0 radical (unpaired) electrons. The molecule has 0 spiro atoms. The minimum absolute atomic E-state index is 0.398. The Morgan fingerprint density at radius 1 is 0.390 bits per heavy atom. The molecule has 0 N–H and O–H groups in total. The molecule has 0 bridgehead atoms. The summed E-state index contributed by atoms with van der Waals surface area (Å²) >= 11 is 0. The second-order valence-electron chi connectivity index (χ2n) is 9.01. The lowest BCUT2D eigenvalue weighted by Crippen LogP contribution is -1.88. The minimum Gasteiger partial charge on any atom is -0.456 e. The Labute approximate surface area is 270 Å². The topological polar surface area (TPSA) is 13.1 Å². The predicted octanol–water partition coefficient (Wildman–Crippen LogP) is 11.5. The van der Waals surface area contributed by atoms with Gasteiger partial charge in [0.15, 0.2) is 0 Å². The Morgan fingerprint density at radius 3 is 1.98 bits per heavy atom. The van der Waals surface area contributed by atoms with Crippen molar-refractivity contribution in [1.82, 2.24) is 0 Å². The highest BCUT2D eigenvalue weighted by molar-refractivity contribution is 6.20. The van der Waals surface area contributed by atoms with Crippen molar-refractivity contribution in [2.75, 3.05) is 0 Å². The van der Waals surface area contributed by atoms with Gasteiger partial charge in [-0.25, -0.2) is 0 Å². The fourth-order valence-electron chi connectivity index (χ4n) is 4.98. The van der Waals surface area contributed by atoms with Crippen LogP contribution in [0.2, 0.25) is 0 Å². The zero-order valence-electron chi connectivity index (χ0n) is 44.4. The molecule has 9 rings (SSSR count). The zero-order chi connectivity index (χ0) is 47.8. The molecule has 41 heavy (non-hydrogen) atoms. The van der Waals surface area contributed by atoms with E-state index >= 15 is 0 Å². The van der Waals surface area contributed by atoms with Gasteiger partial charge in [-0.1, -0.05) is 115 Å². The molecule has 0 atom stereocenters. The maximum atomic E-state index is 9.77. The van der Waals surface area contributed by atoms with Gasteiger partial charge in [-0.3, -0.25) is 0 Å². The minimum atomic E-state index is -0.955.